The van der Waals surface area contributed by atoms with E-state index in [1.54, 1.807) is 0 Å². The molecule has 86 valence electrons. The SMILES string of the molecule is NNC(=O)CCN1CC2CCC(O)C2C1. The van der Waals surface area contributed by atoms with Gasteiger partial charge in [-0.05, 0) is 18.8 Å². The van der Waals surface area contributed by atoms with Crippen LogP contribution in [0.1, 0.15) is 19.3 Å². The van der Waals surface area contributed by atoms with Gasteiger partial charge in [0.15, 0.2) is 0 Å². The second-order valence-corrected chi connectivity index (χ2v) is 4.65. The number of hydrazine groups is 1. The molecule has 0 bridgehead atoms. The van der Waals surface area contributed by atoms with Gasteiger partial charge in [0.1, 0.15) is 0 Å². The number of amides is 1. The molecule has 3 atom stereocenters. The fourth-order valence-corrected chi connectivity index (χ4v) is 2.84. The van der Waals surface area contributed by atoms with Crippen LogP contribution in [0.2, 0.25) is 0 Å². The molecule has 1 amide bonds. The van der Waals surface area contributed by atoms with Crippen molar-refractivity contribution < 1.29 is 9.90 Å². The fourth-order valence-electron chi connectivity index (χ4n) is 2.84. The van der Waals surface area contributed by atoms with Gasteiger partial charge in [0.25, 0.3) is 0 Å². The van der Waals surface area contributed by atoms with Crippen LogP contribution in [0.4, 0.5) is 0 Å². The van der Waals surface area contributed by atoms with Crippen LogP contribution in [-0.4, -0.2) is 41.7 Å². The smallest absolute Gasteiger partial charge is 0.235 e. The molecular weight excluding hydrogens is 194 g/mol. The van der Waals surface area contributed by atoms with E-state index < -0.39 is 0 Å². The molecule has 4 N–H and O–H groups in total. The highest BCUT2D eigenvalue weighted by atomic mass is 16.3. The van der Waals surface area contributed by atoms with Gasteiger partial charge in [-0.1, -0.05) is 0 Å². The van der Waals surface area contributed by atoms with Crippen molar-refractivity contribution in [3.63, 3.8) is 0 Å². The fraction of sp³-hybridized carbons (Fsp3) is 0.900. The van der Waals surface area contributed by atoms with Crippen LogP contribution >= 0.6 is 0 Å². The van der Waals surface area contributed by atoms with Gasteiger partial charge in [0, 0.05) is 32.0 Å². The number of aliphatic hydroxyl groups is 1. The van der Waals surface area contributed by atoms with Gasteiger partial charge in [-0.15, -0.1) is 0 Å². The Morgan fingerprint density at radius 2 is 2.27 bits per heavy atom. The molecule has 5 nitrogen and oxygen atoms in total. The Labute approximate surface area is 89.6 Å². The number of nitrogens with two attached hydrogens (primary N) is 1. The maximum atomic E-state index is 11.0. The van der Waals surface area contributed by atoms with Crippen molar-refractivity contribution in [3.05, 3.63) is 0 Å². The Morgan fingerprint density at radius 3 is 2.93 bits per heavy atom. The predicted octanol–water partition coefficient (Wildman–Crippen LogP) is -0.931. The maximum absolute atomic E-state index is 11.0. The summed E-state index contributed by atoms with van der Waals surface area (Å²) in [6.45, 7) is 2.71. The lowest BCUT2D eigenvalue weighted by Crippen LogP contribution is -2.34. The number of fused-ring (bicyclic) bond motifs is 1. The summed E-state index contributed by atoms with van der Waals surface area (Å²) in [4.78, 5) is 13.2. The van der Waals surface area contributed by atoms with Gasteiger partial charge in [-0.25, -0.2) is 5.84 Å². The Hall–Kier alpha value is -0.650. The van der Waals surface area contributed by atoms with Crippen LogP contribution in [-0.2, 0) is 4.79 Å². The number of hydrogen-bond acceptors (Lipinski definition) is 4. The number of hydrogen-bond donors (Lipinski definition) is 3. The van der Waals surface area contributed by atoms with E-state index in [2.05, 4.69) is 10.3 Å². The monoisotopic (exact) mass is 213 g/mol. The topological polar surface area (TPSA) is 78.6 Å². The van der Waals surface area contributed by atoms with Crippen molar-refractivity contribution in [1.82, 2.24) is 10.3 Å². The number of nitrogens with one attached hydrogen (secondary N) is 1. The van der Waals surface area contributed by atoms with Crippen molar-refractivity contribution in [2.45, 2.75) is 25.4 Å². The van der Waals surface area contributed by atoms with Gasteiger partial charge in [0.2, 0.25) is 5.91 Å². The van der Waals surface area contributed by atoms with Gasteiger partial charge >= 0.3 is 0 Å². The largest absolute Gasteiger partial charge is 0.393 e. The highest BCUT2D eigenvalue weighted by molar-refractivity contribution is 5.75. The molecule has 1 saturated heterocycles. The average molecular weight is 213 g/mol. The third-order valence-electron chi connectivity index (χ3n) is 3.71. The lowest BCUT2D eigenvalue weighted by molar-refractivity contribution is -0.121. The zero-order valence-electron chi connectivity index (χ0n) is 8.85. The molecule has 1 saturated carbocycles. The molecule has 15 heavy (non-hydrogen) atoms. The van der Waals surface area contributed by atoms with Crippen molar-refractivity contribution in [3.8, 4) is 0 Å². The van der Waals surface area contributed by atoms with Crippen molar-refractivity contribution >= 4 is 5.91 Å². The molecule has 0 aromatic rings. The van der Waals surface area contributed by atoms with E-state index in [9.17, 15) is 9.90 Å². The summed E-state index contributed by atoms with van der Waals surface area (Å²) >= 11 is 0. The molecule has 0 aromatic heterocycles. The lowest BCUT2D eigenvalue weighted by Gasteiger charge is -2.17. The van der Waals surface area contributed by atoms with Crippen molar-refractivity contribution in [2.75, 3.05) is 19.6 Å². The maximum Gasteiger partial charge on any atom is 0.235 e. The number of likely N-dealkylation sites (tertiary alicyclic amines) is 1. The van der Waals surface area contributed by atoms with Crippen LogP contribution in [0.3, 0.4) is 0 Å². The summed E-state index contributed by atoms with van der Waals surface area (Å²) in [7, 11) is 0. The first-order valence-corrected chi connectivity index (χ1v) is 5.60. The molecule has 2 aliphatic rings. The third kappa shape index (κ3) is 2.30. The van der Waals surface area contributed by atoms with E-state index in [-0.39, 0.29) is 12.0 Å². The molecule has 1 aliphatic heterocycles. The zero-order valence-corrected chi connectivity index (χ0v) is 8.85. The van der Waals surface area contributed by atoms with E-state index in [1.807, 2.05) is 0 Å². The molecule has 0 aromatic carbocycles. The van der Waals surface area contributed by atoms with Crippen LogP contribution in [0.15, 0.2) is 0 Å². The normalized spacial score (nSPS) is 35.5. The molecule has 1 heterocycles. The zero-order chi connectivity index (χ0) is 10.8. The van der Waals surface area contributed by atoms with E-state index in [4.69, 9.17) is 5.84 Å². The number of carbonyl (C=O) groups is 1. The molecule has 0 spiro atoms. The highest BCUT2D eigenvalue weighted by Crippen LogP contribution is 2.37. The highest BCUT2D eigenvalue weighted by Gasteiger charge is 2.41. The summed E-state index contributed by atoms with van der Waals surface area (Å²) in [6, 6.07) is 0. The van der Waals surface area contributed by atoms with Gasteiger partial charge < -0.3 is 10.0 Å². The Kier molecular flexibility index (Phi) is 3.23. The quantitative estimate of drug-likeness (QED) is 0.321. The summed E-state index contributed by atoms with van der Waals surface area (Å²) in [5.74, 6) is 5.97. The molecule has 2 fully saturated rings. The predicted molar refractivity (Wildman–Crippen MR) is 55.6 cm³/mol. The summed E-state index contributed by atoms with van der Waals surface area (Å²) in [6.07, 6.45) is 2.41. The average Bonchev–Trinajstić information content (AvgIpc) is 2.78. The Balaban J connectivity index is 1.76. The van der Waals surface area contributed by atoms with E-state index in [0.29, 0.717) is 18.3 Å². The van der Waals surface area contributed by atoms with Crippen LogP contribution in [0.25, 0.3) is 0 Å². The second-order valence-electron chi connectivity index (χ2n) is 4.65. The first-order chi connectivity index (χ1) is 7.20. The minimum atomic E-state index is -0.122. The van der Waals surface area contributed by atoms with Gasteiger partial charge in [-0.3, -0.25) is 10.2 Å². The standard InChI is InChI=1S/C10H19N3O2/c11-12-10(15)3-4-13-5-7-1-2-9(14)8(7)6-13/h7-9,14H,1-6,11H2,(H,12,15). The van der Waals surface area contributed by atoms with Crippen LogP contribution in [0.5, 0.6) is 0 Å². The molecule has 3 unspecified atom stereocenters. The first-order valence-electron chi connectivity index (χ1n) is 5.60. The third-order valence-corrected chi connectivity index (χ3v) is 3.71. The second kappa shape index (κ2) is 4.47. The molecule has 5 heteroatoms. The van der Waals surface area contributed by atoms with E-state index in [1.165, 1.54) is 0 Å². The number of aliphatic hydroxyl groups excluding tert-OH is 1. The Bertz CT molecular complexity index is 247. The van der Waals surface area contributed by atoms with E-state index in [0.717, 1.165) is 32.5 Å². The molecule has 2 rings (SSSR count). The molecular formula is C10H19N3O2. The lowest BCUT2D eigenvalue weighted by atomic mass is 10.00. The first kappa shape index (κ1) is 10.9. The number of carbonyl (C=O) groups excluding carboxylic acids is 1. The summed E-state index contributed by atoms with van der Waals surface area (Å²) < 4.78 is 0. The van der Waals surface area contributed by atoms with E-state index >= 15 is 0 Å². The van der Waals surface area contributed by atoms with Crippen molar-refractivity contribution in [1.29, 1.82) is 0 Å². The summed E-state index contributed by atoms with van der Waals surface area (Å²) in [5.41, 5.74) is 2.13. The number of rotatable bonds is 3. The minimum Gasteiger partial charge on any atom is -0.393 e. The Morgan fingerprint density at radius 1 is 1.47 bits per heavy atom. The van der Waals surface area contributed by atoms with Crippen LogP contribution in [0, 0.1) is 11.8 Å². The molecule has 0 radical (unpaired) electrons. The van der Waals surface area contributed by atoms with Gasteiger partial charge in [-0.2, -0.15) is 0 Å². The number of nitrogens with zero attached hydrogens (tertiary/aromatic N) is 1. The van der Waals surface area contributed by atoms with Gasteiger partial charge in [0.05, 0.1) is 6.10 Å². The molecule has 1 aliphatic carbocycles. The summed E-state index contributed by atoms with van der Waals surface area (Å²) in [5, 5.41) is 9.71. The van der Waals surface area contributed by atoms with Crippen molar-refractivity contribution in [2.24, 2.45) is 17.7 Å². The minimum absolute atomic E-state index is 0.118. The van der Waals surface area contributed by atoms with Crippen LogP contribution < -0.4 is 11.3 Å².